The Morgan fingerprint density at radius 1 is 1.46 bits per heavy atom. The van der Waals surface area contributed by atoms with Gasteiger partial charge in [0.1, 0.15) is 5.82 Å². The van der Waals surface area contributed by atoms with Gasteiger partial charge in [-0.3, -0.25) is 4.79 Å². The third-order valence-corrected chi connectivity index (χ3v) is 1.85. The minimum absolute atomic E-state index is 0.0924. The first-order valence-electron chi connectivity index (χ1n) is 3.36. The first kappa shape index (κ1) is 10.2. The zero-order valence-corrected chi connectivity index (χ0v) is 7.12. The maximum Gasteiger partial charge on any atom is 0.489 e. The molecule has 0 heterocycles. The zero-order chi connectivity index (χ0) is 10.0. The molecule has 0 aromatic heterocycles. The highest BCUT2D eigenvalue weighted by atomic mass is 35.5. The van der Waals surface area contributed by atoms with Crippen LogP contribution in [0.3, 0.4) is 0 Å². The van der Waals surface area contributed by atoms with Gasteiger partial charge in [-0.1, -0.05) is 11.6 Å². The Hall–Kier alpha value is -0.905. The molecule has 68 valence electrons. The Kier molecular flexibility index (Phi) is 3.03. The van der Waals surface area contributed by atoms with Crippen molar-refractivity contribution < 1.29 is 19.2 Å². The fourth-order valence-electron chi connectivity index (χ4n) is 0.872. The summed E-state index contributed by atoms with van der Waals surface area (Å²) < 4.78 is 12.8. The van der Waals surface area contributed by atoms with E-state index in [0.29, 0.717) is 0 Å². The van der Waals surface area contributed by atoms with Gasteiger partial charge in [0.05, 0.1) is 0 Å². The van der Waals surface area contributed by atoms with Crippen LogP contribution in [0.15, 0.2) is 12.1 Å². The number of carbonyl (C=O) groups is 1. The largest absolute Gasteiger partial charge is 0.489 e. The van der Waals surface area contributed by atoms with Gasteiger partial charge < -0.3 is 10.0 Å². The highest BCUT2D eigenvalue weighted by Gasteiger charge is 2.17. The lowest BCUT2D eigenvalue weighted by Gasteiger charge is -2.03. The Morgan fingerprint density at radius 3 is 2.54 bits per heavy atom. The molecular weight excluding hydrogens is 197 g/mol. The standard InChI is InChI=1S/C7H5BClFO3/c9-6-2-7(10)4(3-11)1-5(6)8(12)13/h1-3,12-13H. The lowest BCUT2D eigenvalue weighted by molar-refractivity contribution is 0.112. The molecule has 0 atom stereocenters. The predicted octanol–water partition coefficient (Wildman–Crippen LogP) is -0.0286. The van der Waals surface area contributed by atoms with Gasteiger partial charge in [-0.05, 0) is 12.1 Å². The average Bonchev–Trinajstić information content (AvgIpc) is 2.03. The predicted molar refractivity (Wildman–Crippen MR) is 46.6 cm³/mol. The fourth-order valence-corrected chi connectivity index (χ4v) is 1.12. The van der Waals surface area contributed by atoms with Crippen molar-refractivity contribution in [1.82, 2.24) is 0 Å². The van der Waals surface area contributed by atoms with Gasteiger partial charge in [0.2, 0.25) is 0 Å². The van der Waals surface area contributed by atoms with Crippen LogP contribution in [-0.4, -0.2) is 23.5 Å². The summed E-state index contributed by atoms with van der Waals surface area (Å²) in [6, 6.07) is 1.86. The molecule has 1 aromatic carbocycles. The van der Waals surface area contributed by atoms with Crippen LogP contribution in [0, 0.1) is 5.82 Å². The summed E-state index contributed by atoms with van der Waals surface area (Å²) in [7, 11) is -1.81. The highest BCUT2D eigenvalue weighted by Crippen LogP contribution is 2.11. The van der Waals surface area contributed by atoms with E-state index in [9.17, 15) is 9.18 Å². The summed E-state index contributed by atoms with van der Waals surface area (Å²) in [5, 5.41) is 17.4. The fraction of sp³-hybridized carbons (Fsp3) is 0. The van der Waals surface area contributed by atoms with Gasteiger partial charge >= 0.3 is 7.12 Å². The van der Waals surface area contributed by atoms with Crippen LogP contribution < -0.4 is 5.46 Å². The molecule has 1 aromatic rings. The molecule has 1 rings (SSSR count). The maximum atomic E-state index is 12.8. The Morgan fingerprint density at radius 2 is 2.08 bits per heavy atom. The van der Waals surface area contributed by atoms with Crippen molar-refractivity contribution in [3.05, 3.63) is 28.5 Å². The first-order valence-corrected chi connectivity index (χ1v) is 3.74. The molecule has 0 saturated heterocycles. The summed E-state index contributed by atoms with van der Waals surface area (Å²) in [4.78, 5) is 10.3. The molecule has 3 nitrogen and oxygen atoms in total. The third-order valence-electron chi connectivity index (χ3n) is 1.52. The lowest BCUT2D eigenvalue weighted by atomic mass is 9.79. The molecule has 0 bridgehead atoms. The molecule has 13 heavy (non-hydrogen) atoms. The summed E-state index contributed by atoms with van der Waals surface area (Å²) >= 11 is 5.48. The van der Waals surface area contributed by atoms with Gasteiger partial charge in [-0.25, -0.2) is 4.39 Å². The Balaban J connectivity index is 3.30. The van der Waals surface area contributed by atoms with E-state index >= 15 is 0 Å². The molecule has 0 aliphatic heterocycles. The van der Waals surface area contributed by atoms with E-state index in [1.165, 1.54) is 0 Å². The van der Waals surface area contributed by atoms with Crippen LogP contribution in [0.25, 0.3) is 0 Å². The molecule has 0 unspecified atom stereocenters. The van der Waals surface area contributed by atoms with E-state index in [4.69, 9.17) is 21.6 Å². The number of benzene rings is 1. The Labute approximate surface area is 78.9 Å². The second-order valence-electron chi connectivity index (χ2n) is 2.39. The van der Waals surface area contributed by atoms with Crippen LogP contribution in [0.5, 0.6) is 0 Å². The highest BCUT2D eigenvalue weighted by molar-refractivity contribution is 6.62. The lowest BCUT2D eigenvalue weighted by Crippen LogP contribution is -2.31. The number of hydrogen-bond donors (Lipinski definition) is 2. The van der Waals surface area contributed by atoms with E-state index < -0.39 is 12.9 Å². The number of rotatable bonds is 2. The van der Waals surface area contributed by atoms with Crippen molar-refractivity contribution in [1.29, 1.82) is 0 Å². The molecule has 0 spiro atoms. The van der Waals surface area contributed by atoms with Gasteiger partial charge in [0.15, 0.2) is 6.29 Å². The molecule has 0 aliphatic carbocycles. The van der Waals surface area contributed by atoms with E-state index in [1.807, 2.05) is 0 Å². The molecule has 0 amide bonds. The number of halogens is 2. The van der Waals surface area contributed by atoms with E-state index in [0.717, 1.165) is 12.1 Å². The van der Waals surface area contributed by atoms with Gasteiger partial charge in [0.25, 0.3) is 0 Å². The molecule has 2 N–H and O–H groups in total. The molecule has 0 radical (unpaired) electrons. The molecule has 0 saturated carbocycles. The number of aldehydes is 1. The second-order valence-corrected chi connectivity index (χ2v) is 2.79. The summed E-state index contributed by atoms with van der Waals surface area (Å²) in [6.45, 7) is 0. The monoisotopic (exact) mass is 202 g/mol. The van der Waals surface area contributed by atoms with Crippen molar-refractivity contribution in [2.75, 3.05) is 0 Å². The zero-order valence-electron chi connectivity index (χ0n) is 6.37. The van der Waals surface area contributed by atoms with Crippen LogP contribution in [-0.2, 0) is 0 Å². The quantitative estimate of drug-likeness (QED) is 0.523. The molecule has 0 aliphatic rings. The van der Waals surface area contributed by atoms with E-state index in [1.54, 1.807) is 0 Å². The van der Waals surface area contributed by atoms with Crippen LogP contribution in [0.2, 0.25) is 5.02 Å². The number of carbonyl (C=O) groups excluding carboxylic acids is 1. The first-order chi connectivity index (χ1) is 6.06. The van der Waals surface area contributed by atoms with Crippen molar-refractivity contribution in [3.63, 3.8) is 0 Å². The van der Waals surface area contributed by atoms with Crippen LogP contribution in [0.4, 0.5) is 4.39 Å². The van der Waals surface area contributed by atoms with Crippen molar-refractivity contribution in [2.45, 2.75) is 0 Å². The molecule has 6 heteroatoms. The minimum Gasteiger partial charge on any atom is -0.423 e. The molecular formula is C7H5BClFO3. The third kappa shape index (κ3) is 2.06. The minimum atomic E-state index is -1.81. The van der Waals surface area contributed by atoms with Crippen molar-refractivity contribution in [2.24, 2.45) is 0 Å². The normalized spacial score (nSPS) is 9.85. The van der Waals surface area contributed by atoms with Crippen molar-refractivity contribution in [3.8, 4) is 0 Å². The van der Waals surface area contributed by atoms with Gasteiger partial charge in [-0.15, -0.1) is 0 Å². The molecule has 0 fully saturated rings. The van der Waals surface area contributed by atoms with Crippen molar-refractivity contribution >= 4 is 30.5 Å². The second kappa shape index (κ2) is 3.87. The van der Waals surface area contributed by atoms with Gasteiger partial charge in [0, 0.05) is 16.0 Å². The SMILES string of the molecule is O=Cc1cc(B(O)O)c(Cl)cc1F. The average molecular weight is 202 g/mol. The summed E-state index contributed by atoms with van der Waals surface area (Å²) in [5.74, 6) is -0.788. The maximum absolute atomic E-state index is 12.8. The van der Waals surface area contributed by atoms with E-state index in [2.05, 4.69) is 0 Å². The topological polar surface area (TPSA) is 57.5 Å². The summed E-state index contributed by atoms with van der Waals surface area (Å²) in [5.41, 5.74) is -0.349. The van der Waals surface area contributed by atoms with Crippen LogP contribution in [0.1, 0.15) is 10.4 Å². The number of hydrogen-bond acceptors (Lipinski definition) is 3. The van der Waals surface area contributed by atoms with Crippen LogP contribution >= 0.6 is 11.6 Å². The van der Waals surface area contributed by atoms with E-state index in [-0.39, 0.29) is 22.3 Å². The smallest absolute Gasteiger partial charge is 0.423 e. The van der Waals surface area contributed by atoms with Gasteiger partial charge in [-0.2, -0.15) is 0 Å². The Bertz CT molecular complexity index is 343. The summed E-state index contributed by atoms with van der Waals surface area (Å²) in [6.07, 6.45) is 0.275.